The average molecular weight is 737 g/mol. The van der Waals surface area contributed by atoms with E-state index in [1.165, 1.54) is 0 Å². The summed E-state index contributed by atoms with van der Waals surface area (Å²) < 4.78 is 0. The molecule has 3 aromatic carbocycles. The van der Waals surface area contributed by atoms with E-state index in [9.17, 15) is 24.4 Å². The molecule has 4 amide bonds. The summed E-state index contributed by atoms with van der Waals surface area (Å²) in [6.45, 7) is 7.65. The second-order valence-corrected chi connectivity index (χ2v) is 15.2. The fraction of sp³-hybridized carbons (Fsp3) is 0.425. The van der Waals surface area contributed by atoms with Crippen LogP contribution in [0, 0.1) is 16.7 Å². The number of benzene rings is 3. The van der Waals surface area contributed by atoms with E-state index in [-0.39, 0.29) is 42.0 Å². The number of nitriles is 1. The van der Waals surface area contributed by atoms with Crippen LogP contribution in [0.1, 0.15) is 54.9 Å². The van der Waals surface area contributed by atoms with Gasteiger partial charge in [0.05, 0.1) is 17.1 Å². The van der Waals surface area contributed by atoms with E-state index in [1.54, 1.807) is 18.2 Å². The number of piperidine rings is 2. The van der Waals surface area contributed by atoms with Crippen LogP contribution < -0.4 is 25.8 Å². The third-order valence-corrected chi connectivity index (χ3v) is 11.5. The van der Waals surface area contributed by atoms with E-state index in [0.717, 1.165) is 50.3 Å². The lowest BCUT2D eigenvalue weighted by molar-refractivity contribution is -0.133. The summed E-state index contributed by atoms with van der Waals surface area (Å²) in [4.78, 5) is 58.6. The Balaban J connectivity index is 0.852. The lowest BCUT2D eigenvalue weighted by Gasteiger charge is -2.40. The van der Waals surface area contributed by atoms with Gasteiger partial charge in [0.2, 0.25) is 17.7 Å². The summed E-state index contributed by atoms with van der Waals surface area (Å²) in [5, 5.41) is 18.2. The maximum absolute atomic E-state index is 13.4. The predicted molar refractivity (Wildman–Crippen MR) is 205 cm³/mol. The molecule has 2 atom stereocenters. The molecule has 4 aliphatic rings. The molecule has 4 aliphatic heterocycles. The number of halogens is 1. The van der Waals surface area contributed by atoms with Gasteiger partial charge in [0.15, 0.2) is 0 Å². The van der Waals surface area contributed by atoms with Gasteiger partial charge in [0.25, 0.3) is 5.91 Å². The van der Waals surface area contributed by atoms with Crippen molar-refractivity contribution in [3.8, 4) is 6.07 Å². The van der Waals surface area contributed by atoms with Crippen molar-refractivity contribution >= 4 is 58.0 Å². The Kier molecular flexibility index (Phi) is 10.6. The van der Waals surface area contributed by atoms with Gasteiger partial charge in [0, 0.05) is 86.6 Å². The molecule has 53 heavy (non-hydrogen) atoms. The van der Waals surface area contributed by atoms with E-state index in [4.69, 9.17) is 11.6 Å². The first-order valence-electron chi connectivity index (χ1n) is 18.4. The highest BCUT2D eigenvalue weighted by atomic mass is 35.5. The standard InChI is InChI=1S/C40H45ClN8O4/c1-27-23-40(26-49(27)33-10-7-29(24-42)34(41)22-33)13-15-47(16-14-40)32-8-5-28(6-9-32)39(53)48-19-17-46(18-20-48)25-37(51)44-31-4-2-3-30(21-31)43-35-11-12-36(50)45-38(35)52/h2-10,21-22,27,35,43H,11-20,23,25-26H2,1H3,(H,44,51)(H,45,50,52)/t27-,35+/m1/s1. The molecule has 4 fully saturated rings. The van der Waals surface area contributed by atoms with Crippen LogP contribution in [0.15, 0.2) is 66.7 Å². The number of carbonyl (C=O) groups excluding carboxylic acids is 4. The molecule has 0 aromatic heterocycles. The smallest absolute Gasteiger partial charge is 0.253 e. The largest absolute Gasteiger partial charge is 0.374 e. The van der Waals surface area contributed by atoms with Crippen LogP contribution in [0.2, 0.25) is 5.02 Å². The molecule has 0 aliphatic carbocycles. The molecular formula is C40H45ClN8O4. The van der Waals surface area contributed by atoms with Crippen molar-refractivity contribution in [1.82, 2.24) is 15.1 Å². The Hall–Kier alpha value is -5.12. The summed E-state index contributed by atoms with van der Waals surface area (Å²) >= 11 is 6.36. The second-order valence-electron chi connectivity index (χ2n) is 14.8. The molecule has 12 nitrogen and oxygen atoms in total. The van der Waals surface area contributed by atoms with Gasteiger partial charge in [-0.15, -0.1) is 0 Å². The van der Waals surface area contributed by atoms with Crippen molar-refractivity contribution in [2.75, 3.05) is 72.8 Å². The zero-order chi connectivity index (χ0) is 37.1. The highest BCUT2D eigenvalue weighted by Gasteiger charge is 2.44. The zero-order valence-electron chi connectivity index (χ0n) is 29.9. The van der Waals surface area contributed by atoms with E-state index in [0.29, 0.717) is 66.2 Å². The number of piperazine rings is 1. The number of rotatable bonds is 8. The molecule has 0 saturated carbocycles. The van der Waals surface area contributed by atoms with Crippen molar-refractivity contribution in [3.05, 3.63) is 82.9 Å². The number of carbonyl (C=O) groups is 4. The van der Waals surface area contributed by atoms with Gasteiger partial charge >= 0.3 is 0 Å². The van der Waals surface area contributed by atoms with Crippen LogP contribution in [0.4, 0.5) is 22.7 Å². The maximum Gasteiger partial charge on any atom is 0.253 e. The Morgan fingerprint density at radius 2 is 1.66 bits per heavy atom. The van der Waals surface area contributed by atoms with Crippen LogP contribution in [0.5, 0.6) is 0 Å². The zero-order valence-corrected chi connectivity index (χ0v) is 30.7. The maximum atomic E-state index is 13.4. The number of nitrogens with one attached hydrogen (secondary N) is 3. The number of imide groups is 1. The quantitative estimate of drug-likeness (QED) is 0.281. The third-order valence-electron chi connectivity index (χ3n) is 11.2. The molecule has 0 unspecified atom stereocenters. The van der Waals surface area contributed by atoms with Gasteiger partial charge in [-0.25, -0.2) is 0 Å². The Morgan fingerprint density at radius 1 is 0.943 bits per heavy atom. The second kappa shape index (κ2) is 15.5. The normalized spacial score (nSPS) is 21.6. The first-order valence-corrected chi connectivity index (χ1v) is 18.8. The first kappa shape index (κ1) is 36.2. The summed E-state index contributed by atoms with van der Waals surface area (Å²) in [7, 11) is 0. The predicted octanol–water partition coefficient (Wildman–Crippen LogP) is 4.71. The van der Waals surface area contributed by atoms with Crippen LogP contribution in [-0.4, -0.2) is 97.9 Å². The van der Waals surface area contributed by atoms with Crippen LogP contribution >= 0.6 is 11.6 Å². The topological polar surface area (TPSA) is 141 Å². The monoisotopic (exact) mass is 736 g/mol. The SMILES string of the molecule is C[C@@H]1CC2(CCN(c3ccc(C(=O)N4CCN(CC(=O)Nc5cccc(N[C@H]6CCC(=O)NC6=O)c5)CC4)cc3)CC2)CN1c1ccc(C#N)c(Cl)c1. The number of amides is 4. The van der Waals surface area contributed by atoms with Crippen LogP contribution in [0.25, 0.3) is 0 Å². The molecule has 4 heterocycles. The van der Waals surface area contributed by atoms with Crippen molar-refractivity contribution in [2.24, 2.45) is 5.41 Å². The molecule has 4 saturated heterocycles. The molecule has 13 heteroatoms. The van der Waals surface area contributed by atoms with Gasteiger partial charge in [-0.3, -0.25) is 29.4 Å². The Bertz CT molecular complexity index is 1910. The van der Waals surface area contributed by atoms with Crippen molar-refractivity contribution < 1.29 is 19.2 Å². The van der Waals surface area contributed by atoms with E-state index in [2.05, 4.69) is 50.9 Å². The van der Waals surface area contributed by atoms with Crippen molar-refractivity contribution in [2.45, 2.75) is 51.1 Å². The number of anilines is 4. The van der Waals surface area contributed by atoms with Crippen LogP contribution in [0.3, 0.4) is 0 Å². The van der Waals surface area contributed by atoms with Crippen molar-refractivity contribution in [3.63, 3.8) is 0 Å². The van der Waals surface area contributed by atoms with Crippen molar-refractivity contribution in [1.29, 1.82) is 5.26 Å². The molecule has 276 valence electrons. The third kappa shape index (κ3) is 8.27. The van der Waals surface area contributed by atoms with Crippen LogP contribution in [-0.2, 0) is 14.4 Å². The van der Waals surface area contributed by atoms with E-state index in [1.807, 2.05) is 46.2 Å². The van der Waals surface area contributed by atoms with Gasteiger partial charge in [-0.1, -0.05) is 17.7 Å². The minimum absolute atomic E-state index is 0.00141. The minimum Gasteiger partial charge on any atom is -0.374 e. The highest BCUT2D eigenvalue weighted by Crippen LogP contribution is 2.46. The van der Waals surface area contributed by atoms with Gasteiger partial charge in [-0.2, -0.15) is 5.26 Å². The molecule has 0 bridgehead atoms. The lowest BCUT2D eigenvalue weighted by Crippen LogP contribution is -2.50. The molecule has 3 aromatic rings. The number of hydrogen-bond acceptors (Lipinski definition) is 9. The Labute approximate surface area is 315 Å². The highest BCUT2D eigenvalue weighted by molar-refractivity contribution is 6.32. The molecule has 3 N–H and O–H groups in total. The van der Waals surface area contributed by atoms with E-state index >= 15 is 0 Å². The lowest BCUT2D eigenvalue weighted by atomic mass is 9.76. The average Bonchev–Trinajstić information content (AvgIpc) is 3.48. The molecular weight excluding hydrogens is 692 g/mol. The summed E-state index contributed by atoms with van der Waals surface area (Å²) in [5.74, 6) is -0.770. The first-order chi connectivity index (χ1) is 25.6. The number of hydrogen-bond donors (Lipinski definition) is 3. The van der Waals surface area contributed by atoms with Gasteiger partial charge < -0.3 is 25.3 Å². The number of nitrogens with zero attached hydrogens (tertiary/aromatic N) is 5. The fourth-order valence-electron chi connectivity index (χ4n) is 8.27. The van der Waals surface area contributed by atoms with Gasteiger partial charge in [0.1, 0.15) is 12.1 Å². The molecule has 0 radical (unpaired) electrons. The summed E-state index contributed by atoms with van der Waals surface area (Å²) in [6, 6.07) is 22.9. The fourth-order valence-corrected chi connectivity index (χ4v) is 8.49. The minimum atomic E-state index is -0.504. The Morgan fingerprint density at radius 3 is 2.36 bits per heavy atom. The van der Waals surface area contributed by atoms with E-state index < -0.39 is 6.04 Å². The summed E-state index contributed by atoms with van der Waals surface area (Å²) in [5.41, 5.74) is 4.92. The molecule has 1 spiro atoms. The summed E-state index contributed by atoms with van der Waals surface area (Å²) in [6.07, 6.45) is 4.01. The van der Waals surface area contributed by atoms with Gasteiger partial charge in [-0.05, 0) is 98.7 Å². The molecule has 7 rings (SSSR count).